The van der Waals surface area contributed by atoms with E-state index in [1.165, 1.54) is 29.2 Å². The van der Waals surface area contributed by atoms with Crippen LogP contribution < -0.4 is 9.62 Å². The molecule has 3 rings (SSSR count). The number of nitrogens with one attached hydrogen (secondary N) is 1. The zero-order valence-electron chi connectivity index (χ0n) is 20.8. The number of carbonyl (C=O) groups is 2. The van der Waals surface area contributed by atoms with Gasteiger partial charge < -0.3 is 10.2 Å². The topological polar surface area (TPSA) is 130 Å². The van der Waals surface area contributed by atoms with Gasteiger partial charge in [0.05, 0.1) is 15.5 Å². The number of hydrogen-bond donors (Lipinski definition) is 1. The number of halogens is 1. The third-order valence-corrected chi connectivity index (χ3v) is 7.93. The molecule has 3 aromatic carbocycles. The Kier molecular flexibility index (Phi) is 9.43. The second-order valence-corrected chi connectivity index (χ2v) is 10.6. The summed E-state index contributed by atoms with van der Waals surface area (Å²) < 4.78 is 28.2. The predicted molar refractivity (Wildman–Crippen MR) is 144 cm³/mol. The van der Waals surface area contributed by atoms with E-state index < -0.39 is 39.3 Å². The van der Waals surface area contributed by atoms with Crippen molar-refractivity contribution in [3.8, 4) is 0 Å². The summed E-state index contributed by atoms with van der Waals surface area (Å²) in [6, 6.07) is 18.2. The lowest BCUT2D eigenvalue weighted by atomic mass is 10.1. The molecule has 0 unspecified atom stereocenters. The summed E-state index contributed by atoms with van der Waals surface area (Å²) in [5.41, 5.74) is 0.393. The second-order valence-electron chi connectivity index (χ2n) is 8.28. The maximum atomic E-state index is 13.7. The molecule has 1 atom stereocenters. The molecule has 0 fully saturated rings. The van der Waals surface area contributed by atoms with E-state index >= 15 is 0 Å². The van der Waals surface area contributed by atoms with Crippen LogP contribution in [0.3, 0.4) is 0 Å². The Balaban J connectivity index is 2.05. The zero-order chi connectivity index (χ0) is 27.9. The van der Waals surface area contributed by atoms with Crippen LogP contribution in [0.5, 0.6) is 0 Å². The molecule has 0 aliphatic rings. The Bertz CT molecular complexity index is 1400. The minimum Gasteiger partial charge on any atom is -0.355 e. The average Bonchev–Trinajstić information content (AvgIpc) is 2.91. The van der Waals surface area contributed by atoms with Crippen molar-refractivity contribution in [2.45, 2.75) is 31.3 Å². The van der Waals surface area contributed by atoms with Gasteiger partial charge in [-0.1, -0.05) is 48.0 Å². The molecule has 0 saturated carbocycles. The van der Waals surface area contributed by atoms with Crippen LogP contribution in [0.15, 0.2) is 83.8 Å². The number of nitrogens with zero attached hydrogens (tertiary/aromatic N) is 3. The number of non-ortho nitro benzene ring substituents is 1. The Labute approximate surface area is 226 Å². The van der Waals surface area contributed by atoms with Gasteiger partial charge >= 0.3 is 0 Å². The van der Waals surface area contributed by atoms with Crippen LogP contribution in [0.25, 0.3) is 0 Å². The van der Waals surface area contributed by atoms with Crippen molar-refractivity contribution in [2.24, 2.45) is 0 Å². The normalized spacial score (nSPS) is 11.9. The fourth-order valence-electron chi connectivity index (χ4n) is 3.70. The van der Waals surface area contributed by atoms with Crippen molar-refractivity contribution in [1.82, 2.24) is 10.2 Å². The van der Waals surface area contributed by atoms with Crippen LogP contribution in [0, 0.1) is 10.1 Å². The molecule has 10 nitrogen and oxygen atoms in total. The summed E-state index contributed by atoms with van der Waals surface area (Å²) in [5, 5.41) is 14.2. The molecular formula is C26H27ClN4O6S. The van der Waals surface area contributed by atoms with E-state index in [9.17, 15) is 28.1 Å². The van der Waals surface area contributed by atoms with Crippen LogP contribution in [0.2, 0.25) is 5.02 Å². The lowest BCUT2D eigenvalue weighted by Crippen LogP contribution is -2.51. The number of rotatable bonds is 11. The first kappa shape index (κ1) is 28.6. The first-order valence-electron chi connectivity index (χ1n) is 11.7. The SMILES string of the molecule is CCNC(=O)[C@H](C)N(Cc1ccccc1Cl)C(=O)CN(c1ccc([N+](=O)[O-])cc1)S(=O)(=O)c1ccccc1. The molecule has 0 bridgehead atoms. The molecule has 38 heavy (non-hydrogen) atoms. The molecule has 200 valence electrons. The smallest absolute Gasteiger partial charge is 0.269 e. The summed E-state index contributed by atoms with van der Waals surface area (Å²) in [4.78, 5) is 38.1. The van der Waals surface area contributed by atoms with Gasteiger partial charge in [-0.05, 0) is 49.7 Å². The number of likely N-dealkylation sites (N-methyl/N-ethyl adjacent to an activating group) is 1. The molecule has 12 heteroatoms. The minimum atomic E-state index is -4.26. The van der Waals surface area contributed by atoms with Crippen LogP contribution >= 0.6 is 11.6 Å². The first-order chi connectivity index (χ1) is 18.1. The van der Waals surface area contributed by atoms with Crippen LogP contribution in [0.4, 0.5) is 11.4 Å². The highest BCUT2D eigenvalue weighted by Crippen LogP contribution is 2.27. The number of sulfonamides is 1. The lowest BCUT2D eigenvalue weighted by molar-refractivity contribution is -0.384. The largest absolute Gasteiger partial charge is 0.355 e. The quantitative estimate of drug-likeness (QED) is 0.280. The van der Waals surface area contributed by atoms with Crippen molar-refractivity contribution in [3.63, 3.8) is 0 Å². The van der Waals surface area contributed by atoms with Crippen molar-refractivity contribution in [1.29, 1.82) is 0 Å². The fraction of sp³-hybridized carbons (Fsp3) is 0.231. The summed E-state index contributed by atoms with van der Waals surface area (Å²) in [6.07, 6.45) is 0. The summed E-state index contributed by atoms with van der Waals surface area (Å²) in [7, 11) is -4.26. The number of anilines is 1. The van der Waals surface area contributed by atoms with E-state index in [-0.39, 0.29) is 22.8 Å². The Morgan fingerprint density at radius 2 is 1.61 bits per heavy atom. The lowest BCUT2D eigenvalue weighted by Gasteiger charge is -2.32. The van der Waals surface area contributed by atoms with Crippen molar-refractivity contribution >= 4 is 44.8 Å². The molecule has 1 N–H and O–H groups in total. The monoisotopic (exact) mass is 558 g/mol. The van der Waals surface area contributed by atoms with Gasteiger partial charge in [0.25, 0.3) is 15.7 Å². The molecule has 0 aliphatic carbocycles. The molecule has 2 amide bonds. The highest BCUT2D eigenvalue weighted by Gasteiger charge is 2.32. The zero-order valence-corrected chi connectivity index (χ0v) is 22.4. The van der Waals surface area contributed by atoms with Gasteiger partial charge in [0.2, 0.25) is 11.8 Å². The molecule has 0 aliphatic heterocycles. The van der Waals surface area contributed by atoms with Crippen molar-refractivity contribution < 1.29 is 22.9 Å². The van der Waals surface area contributed by atoms with Gasteiger partial charge in [0.1, 0.15) is 12.6 Å². The average molecular weight is 559 g/mol. The molecule has 0 saturated heterocycles. The van der Waals surface area contributed by atoms with Gasteiger partial charge in [-0.2, -0.15) is 0 Å². The molecule has 3 aromatic rings. The van der Waals surface area contributed by atoms with E-state index in [0.29, 0.717) is 17.1 Å². The van der Waals surface area contributed by atoms with E-state index in [4.69, 9.17) is 11.6 Å². The van der Waals surface area contributed by atoms with E-state index in [0.717, 1.165) is 16.4 Å². The van der Waals surface area contributed by atoms with Crippen molar-refractivity contribution in [2.75, 3.05) is 17.4 Å². The standard InChI is InChI=1S/C26H27ClN4O6S/c1-3-28-26(33)19(2)29(17-20-9-7-8-12-24(20)27)25(32)18-30(21-13-15-22(16-14-21)31(34)35)38(36,37)23-10-5-4-6-11-23/h4-16,19H,3,17-18H2,1-2H3,(H,28,33)/t19-/m0/s1. The van der Waals surface area contributed by atoms with E-state index in [1.807, 2.05) is 0 Å². The maximum Gasteiger partial charge on any atom is 0.269 e. The molecular weight excluding hydrogens is 532 g/mol. The molecule has 0 spiro atoms. The molecule has 0 radical (unpaired) electrons. The first-order valence-corrected chi connectivity index (χ1v) is 13.5. The van der Waals surface area contributed by atoms with Crippen LogP contribution in [-0.4, -0.2) is 49.2 Å². The molecule has 0 heterocycles. The number of benzene rings is 3. The van der Waals surface area contributed by atoms with Gasteiger partial charge in [-0.15, -0.1) is 0 Å². The summed E-state index contributed by atoms with van der Waals surface area (Å²) >= 11 is 6.31. The Morgan fingerprint density at radius 1 is 1.00 bits per heavy atom. The summed E-state index contributed by atoms with van der Waals surface area (Å²) in [6.45, 7) is 2.92. The highest BCUT2D eigenvalue weighted by molar-refractivity contribution is 7.92. The second kappa shape index (κ2) is 12.5. The predicted octanol–water partition coefficient (Wildman–Crippen LogP) is 4.00. The Hall–Kier alpha value is -3.96. The van der Waals surface area contributed by atoms with Crippen molar-refractivity contribution in [3.05, 3.63) is 99.6 Å². The van der Waals surface area contributed by atoms with E-state index in [2.05, 4.69) is 5.32 Å². The Morgan fingerprint density at radius 3 is 2.18 bits per heavy atom. The van der Waals surface area contributed by atoms with Gasteiger partial charge in [-0.3, -0.25) is 24.0 Å². The molecule has 0 aromatic heterocycles. The third kappa shape index (κ3) is 6.67. The van der Waals surface area contributed by atoms with Gasteiger partial charge in [-0.25, -0.2) is 8.42 Å². The highest BCUT2D eigenvalue weighted by atomic mass is 35.5. The van der Waals surface area contributed by atoms with Crippen LogP contribution in [0.1, 0.15) is 19.4 Å². The van der Waals surface area contributed by atoms with Gasteiger partial charge in [0, 0.05) is 30.2 Å². The number of nitro groups is 1. The fourth-order valence-corrected chi connectivity index (χ4v) is 5.33. The van der Waals surface area contributed by atoms with Gasteiger partial charge in [0.15, 0.2) is 0 Å². The minimum absolute atomic E-state index is 0.0453. The number of nitro benzene ring substituents is 1. The maximum absolute atomic E-state index is 13.7. The van der Waals surface area contributed by atoms with E-state index in [1.54, 1.807) is 56.3 Å². The number of amides is 2. The number of carbonyl (C=O) groups excluding carboxylic acids is 2. The summed E-state index contributed by atoms with van der Waals surface area (Å²) in [5.74, 6) is -1.08. The van der Waals surface area contributed by atoms with Crippen LogP contribution in [-0.2, 0) is 26.2 Å². The third-order valence-electron chi connectivity index (χ3n) is 5.78. The number of hydrogen-bond acceptors (Lipinski definition) is 6.